The van der Waals surface area contributed by atoms with Gasteiger partial charge in [0.15, 0.2) is 0 Å². The van der Waals surface area contributed by atoms with E-state index in [-0.39, 0.29) is 0 Å². The Hall–Kier alpha value is -1.94. The molecule has 1 saturated heterocycles. The number of hydrogen-bond acceptors (Lipinski definition) is 4. The molecule has 2 aromatic rings. The Bertz CT molecular complexity index is 586. The predicted molar refractivity (Wildman–Crippen MR) is 82.0 cm³/mol. The smallest absolute Gasteiger partial charge is 0.225 e. The lowest BCUT2D eigenvalue weighted by molar-refractivity contribution is 0.580. The van der Waals surface area contributed by atoms with Crippen molar-refractivity contribution in [2.45, 2.75) is 13.8 Å². The first kappa shape index (κ1) is 13.1. The van der Waals surface area contributed by atoms with Gasteiger partial charge < -0.3 is 10.2 Å². The molecule has 0 atom stereocenters. The van der Waals surface area contributed by atoms with Crippen LogP contribution >= 0.6 is 0 Å². The van der Waals surface area contributed by atoms with Crippen LogP contribution in [0.4, 0.5) is 5.95 Å². The Morgan fingerprint density at radius 1 is 0.950 bits per heavy atom. The standard InChI is InChI=1S/C16H20N4/c1-12-3-4-14(9-13(12)2)15-10-18-16(19-11-15)20-7-5-17-6-8-20/h3-4,9-11,17H,5-8H2,1-2H3. The first-order valence-electron chi connectivity index (χ1n) is 7.09. The fraction of sp³-hybridized carbons (Fsp3) is 0.375. The molecule has 0 bridgehead atoms. The van der Waals surface area contributed by atoms with Gasteiger partial charge in [0.25, 0.3) is 0 Å². The Kier molecular flexibility index (Phi) is 3.65. The average Bonchev–Trinajstić information content (AvgIpc) is 2.51. The summed E-state index contributed by atoms with van der Waals surface area (Å²) in [7, 11) is 0. The van der Waals surface area contributed by atoms with Crippen molar-refractivity contribution in [2.75, 3.05) is 31.1 Å². The maximum atomic E-state index is 4.52. The SMILES string of the molecule is Cc1ccc(-c2cnc(N3CCNCC3)nc2)cc1C. The summed E-state index contributed by atoms with van der Waals surface area (Å²) in [6, 6.07) is 6.47. The monoisotopic (exact) mass is 268 g/mol. The van der Waals surface area contributed by atoms with Gasteiger partial charge in [-0.05, 0) is 30.5 Å². The van der Waals surface area contributed by atoms with E-state index in [4.69, 9.17) is 0 Å². The van der Waals surface area contributed by atoms with E-state index in [2.05, 4.69) is 52.2 Å². The number of rotatable bonds is 2. The summed E-state index contributed by atoms with van der Waals surface area (Å²) in [6.45, 7) is 8.22. The fourth-order valence-electron chi connectivity index (χ4n) is 2.42. The Morgan fingerprint density at radius 3 is 2.30 bits per heavy atom. The molecule has 0 radical (unpaired) electrons. The Labute approximate surface area is 119 Å². The third-order valence-corrected chi connectivity index (χ3v) is 3.88. The Balaban J connectivity index is 1.83. The maximum absolute atomic E-state index is 4.52. The van der Waals surface area contributed by atoms with Crippen LogP contribution in [-0.4, -0.2) is 36.1 Å². The van der Waals surface area contributed by atoms with Crippen molar-refractivity contribution in [2.24, 2.45) is 0 Å². The van der Waals surface area contributed by atoms with E-state index in [1.165, 1.54) is 16.7 Å². The molecule has 1 aromatic carbocycles. The predicted octanol–water partition coefficient (Wildman–Crippen LogP) is 2.17. The molecule has 3 rings (SSSR count). The molecule has 1 aromatic heterocycles. The minimum atomic E-state index is 0.832. The lowest BCUT2D eigenvalue weighted by atomic mass is 10.0. The van der Waals surface area contributed by atoms with Crippen LogP contribution in [0.3, 0.4) is 0 Å². The van der Waals surface area contributed by atoms with Crippen LogP contribution in [0.5, 0.6) is 0 Å². The molecule has 0 amide bonds. The lowest BCUT2D eigenvalue weighted by Crippen LogP contribution is -2.44. The Morgan fingerprint density at radius 2 is 1.65 bits per heavy atom. The van der Waals surface area contributed by atoms with Gasteiger partial charge in [-0.1, -0.05) is 18.2 Å². The summed E-state index contributed by atoms with van der Waals surface area (Å²) in [6.07, 6.45) is 3.85. The summed E-state index contributed by atoms with van der Waals surface area (Å²) < 4.78 is 0. The van der Waals surface area contributed by atoms with Gasteiger partial charge in [0, 0.05) is 44.1 Å². The second kappa shape index (κ2) is 5.59. The quantitative estimate of drug-likeness (QED) is 0.906. The van der Waals surface area contributed by atoms with Gasteiger partial charge in [0.2, 0.25) is 5.95 Å². The highest BCUT2D eigenvalue weighted by atomic mass is 15.3. The zero-order valence-electron chi connectivity index (χ0n) is 12.1. The molecular formula is C16H20N4. The first-order chi connectivity index (χ1) is 9.74. The van der Waals surface area contributed by atoms with Gasteiger partial charge in [-0.2, -0.15) is 0 Å². The fourth-order valence-corrected chi connectivity index (χ4v) is 2.42. The average molecular weight is 268 g/mol. The van der Waals surface area contributed by atoms with Crippen LogP contribution < -0.4 is 10.2 Å². The zero-order chi connectivity index (χ0) is 13.9. The summed E-state index contributed by atoms with van der Waals surface area (Å²) in [4.78, 5) is 11.3. The highest BCUT2D eigenvalue weighted by molar-refractivity contribution is 5.63. The second-order valence-corrected chi connectivity index (χ2v) is 5.31. The number of hydrogen-bond donors (Lipinski definition) is 1. The van der Waals surface area contributed by atoms with E-state index in [0.29, 0.717) is 0 Å². The summed E-state index contributed by atoms with van der Waals surface area (Å²) in [5.74, 6) is 0.832. The molecule has 0 saturated carbocycles. The molecule has 1 fully saturated rings. The molecule has 0 aliphatic carbocycles. The molecule has 4 nitrogen and oxygen atoms in total. The van der Waals surface area contributed by atoms with Crippen molar-refractivity contribution >= 4 is 5.95 Å². The number of nitrogens with zero attached hydrogens (tertiary/aromatic N) is 3. The molecule has 0 unspecified atom stereocenters. The van der Waals surface area contributed by atoms with E-state index < -0.39 is 0 Å². The van der Waals surface area contributed by atoms with Crippen molar-refractivity contribution < 1.29 is 0 Å². The molecule has 1 aliphatic heterocycles. The number of aromatic nitrogens is 2. The number of benzene rings is 1. The zero-order valence-corrected chi connectivity index (χ0v) is 12.1. The van der Waals surface area contributed by atoms with Gasteiger partial charge in [-0.15, -0.1) is 0 Å². The molecule has 2 heterocycles. The highest BCUT2D eigenvalue weighted by Gasteiger charge is 2.12. The number of piperazine rings is 1. The molecule has 1 aliphatic rings. The molecule has 20 heavy (non-hydrogen) atoms. The summed E-state index contributed by atoms with van der Waals surface area (Å²) in [5, 5.41) is 3.34. The van der Waals surface area contributed by atoms with E-state index in [9.17, 15) is 0 Å². The minimum absolute atomic E-state index is 0.832. The first-order valence-corrected chi connectivity index (χ1v) is 7.09. The van der Waals surface area contributed by atoms with Crippen LogP contribution in [0.15, 0.2) is 30.6 Å². The van der Waals surface area contributed by atoms with E-state index in [1.807, 2.05) is 12.4 Å². The van der Waals surface area contributed by atoms with E-state index in [0.717, 1.165) is 37.7 Å². The second-order valence-electron chi connectivity index (χ2n) is 5.31. The van der Waals surface area contributed by atoms with Crippen LogP contribution in [0.2, 0.25) is 0 Å². The molecule has 0 spiro atoms. The third kappa shape index (κ3) is 2.65. The number of nitrogens with one attached hydrogen (secondary N) is 1. The van der Waals surface area contributed by atoms with Crippen molar-refractivity contribution in [3.8, 4) is 11.1 Å². The van der Waals surface area contributed by atoms with Gasteiger partial charge in [-0.25, -0.2) is 9.97 Å². The van der Waals surface area contributed by atoms with Crippen molar-refractivity contribution in [1.82, 2.24) is 15.3 Å². The summed E-state index contributed by atoms with van der Waals surface area (Å²) >= 11 is 0. The van der Waals surface area contributed by atoms with Gasteiger partial charge in [0.05, 0.1) is 0 Å². The number of aryl methyl sites for hydroxylation is 2. The maximum Gasteiger partial charge on any atom is 0.225 e. The van der Waals surface area contributed by atoms with E-state index in [1.54, 1.807) is 0 Å². The van der Waals surface area contributed by atoms with Crippen LogP contribution in [-0.2, 0) is 0 Å². The van der Waals surface area contributed by atoms with Crippen LogP contribution in [0.1, 0.15) is 11.1 Å². The lowest BCUT2D eigenvalue weighted by Gasteiger charge is -2.27. The molecule has 4 heteroatoms. The normalized spacial score (nSPS) is 15.4. The van der Waals surface area contributed by atoms with Crippen molar-refractivity contribution in [1.29, 1.82) is 0 Å². The highest BCUT2D eigenvalue weighted by Crippen LogP contribution is 2.21. The van der Waals surface area contributed by atoms with Gasteiger partial charge in [-0.3, -0.25) is 0 Å². The van der Waals surface area contributed by atoms with Crippen molar-refractivity contribution in [3.05, 3.63) is 41.7 Å². The van der Waals surface area contributed by atoms with Gasteiger partial charge in [0.1, 0.15) is 0 Å². The van der Waals surface area contributed by atoms with Gasteiger partial charge >= 0.3 is 0 Å². The third-order valence-electron chi connectivity index (χ3n) is 3.88. The topological polar surface area (TPSA) is 41.1 Å². The number of anilines is 1. The summed E-state index contributed by atoms with van der Waals surface area (Å²) in [5.41, 5.74) is 4.87. The van der Waals surface area contributed by atoms with Crippen LogP contribution in [0, 0.1) is 13.8 Å². The molecular weight excluding hydrogens is 248 g/mol. The molecule has 1 N–H and O–H groups in total. The largest absolute Gasteiger partial charge is 0.338 e. The molecule has 104 valence electrons. The van der Waals surface area contributed by atoms with Crippen molar-refractivity contribution in [3.63, 3.8) is 0 Å². The van der Waals surface area contributed by atoms with Crippen LogP contribution in [0.25, 0.3) is 11.1 Å². The minimum Gasteiger partial charge on any atom is -0.338 e. The van der Waals surface area contributed by atoms with E-state index >= 15 is 0 Å².